The van der Waals surface area contributed by atoms with Gasteiger partial charge >= 0.3 is 5.97 Å². The molecule has 0 amide bonds. The molecule has 7 heteroatoms. The van der Waals surface area contributed by atoms with Crippen LogP contribution in [0.5, 0.6) is 0 Å². The van der Waals surface area contributed by atoms with Crippen molar-refractivity contribution in [3.05, 3.63) is 65.0 Å². The molecule has 2 aromatic rings. The molecule has 0 aromatic heterocycles. The number of benzene rings is 2. The van der Waals surface area contributed by atoms with E-state index in [0.29, 0.717) is 12.0 Å². The van der Waals surface area contributed by atoms with Gasteiger partial charge in [-0.05, 0) is 54.8 Å². The summed E-state index contributed by atoms with van der Waals surface area (Å²) in [6, 6.07) is 9.59. The number of carbonyl (C=O) groups is 1. The first-order valence-electron chi connectivity index (χ1n) is 6.87. The van der Waals surface area contributed by atoms with Crippen molar-refractivity contribution >= 4 is 16.0 Å². The molecule has 0 fully saturated rings. The van der Waals surface area contributed by atoms with E-state index in [-0.39, 0.29) is 22.8 Å². The molecule has 122 valence electrons. The summed E-state index contributed by atoms with van der Waals surface area (Å²) in [5.41, 5.74) is 1.35. The molecule has 0 aliphatic carbocycles. The van der Waals surface area contributed by atoms with Gasteiger partial charge in [-0.1, -0.05) is 12.1 Å². The van der Waals surface area contributed by atoms with Crippen LogP contribution in [-0.4, -0.2) is 26.0 Å². The van der Waals surface area contributed by atoms with Gasteiger partial charge in [0.1, 0.15) is 5.82 Å². The standard InChI is InChI=1S/C16H16FNO4S/c1-11-10-12(2-7-15(11)17)8-9-18-23(21,22)14-5-3-13(4-6-14)16(19)20/h2-7,10,18H,8-9H2,1H3,(H,19,20). The van der Waals surface area contributed by atoms with Crippen molar-refractivity contribution in [1.82, 2.24) is 4.72 Å². The summed E-state index contributed by atoms with van der Waals surface area (Å²) in [5.74, 6) is -1.42. The fourth-order valence-corrected chi connectivity index (χ4v) is 3.08. The maximum absolute atomic E-state index is 13.2. The first-order chi connectivity index (χ1) is 10.8. The number of rotatable bonds is 6. The molecule has 2 rings (SSSR count). The molecule has 0 radical (unpaired) electrons. The average Bonchev–Trinajstić information content (AvgIpc) is 2.51. The fraction of sp³-hybridized carbons (Fsp3) is 0.188. The highest BCUT2D eigenvalue weighted by Gasteiger charge is 2.14. The normalized spacial score (nSPS) is 11.4. The second-order valence-corrected chi connectivity index (χ2v) is 6.83. The molecule has 0 aliphatic rings. The lowest BCUT2D eigenvalue weighted by Crippen LogP contribution is -2.26. The second-order valence-electron chi connectivity index (χ2n) is 5.06. The minimum atomic E-state index is -3.71. The summed E-state index contributed by atoms with van der Waals surface area (Å²) in [6.07, 6.45) is 0.424. The van der Waals surface area contributed by atoms with Crippen molar-refractivity contribution in [3.8, 4) is 0 Å². The molecule has 23 heavy (non-hydrogen) atoms. The molecule has 0 bridgehead atoms. The SMILES string of the molecule is Cc1cc(CCNS(=O)(=O)c2ccc(C(=O)O)cc2)ccc1F. The predicted molar refractivity (Wildman–Crippen MR) is 83.4 cm³/mol. The molecule has 2 aromatic carbocycles. The van der Waals surface area contributed by atoms with Crippen LogP contribution in [-0.2, 0) is 16.4 Å². The topological polar surface area (TPSA) is 83.5 Å². The molecular weight excluding hydrogens is 321 g/mol. The Kier molecular flexibility index (Phi) is 5.12. The first-order valence-corrected chi connectivity index (χ1v) is 8.36. The van der Waals surface area contributed by atoms with Crippen LogP contribution >= 0.6 is 0 Å². The number of aromatic carboxylic acids is 1. The Balaban J connectivity index is 2.00. The quantitative estimate of drug-likeness (QED) is 0.847. The summed E-state index contributed by atoms with van der Waals surface area (Å²) >= 11 is 0. The van der Waals surface area contributed by atoms with Gasteiger partial charge in [-0.25, -0.2) is 22.3 Å². The van der Waals surface area contributed by atoms with E-state index in [1.165, 1.54) is 30.3 Å². The van der Waals surface area contributed by atoms with Crippen LogP contribution in [0.15, 0.2) is 47.4 Å². The van der Waals surface area contributed by atoms with Gasteiger partial charge < -0.3 is 5.11 Å². The minimum Gasteiger partial charge on any atom is -0.478 e. The van der Waals surface area contributed by atoms with Gasteiger partial charge in [0.2, 0.25) is 10.0 Å². The Labute approximate surface area is 133 Å². The minimum absolute atomic E-state index is 0.00205. The summed E-state index contributed by atoms with van der Waals surface area (Å²) in [6.45, 7) is 1.81. The highest BCUT2D eigenvalue weighted by atomic mass is 32.2. The number of nitrogens with one attached hydrogen (secondary N) is 1. The Morgan fingerprint density at radius 3 is 2.39 bits per heavy atom. The summed E-state index contributed by atoms with van der Waals surface area (Å²) in [7, 11) is -3.71. The summed E-state index contributed by atoms with van der Waals surface area (Å²) < 4.78 is 39.8. The third kappa shape index (κ3) is 4.37. The third-order valence-electron chi connectivity index (χ3n) is 3.34. The van der Waals surface area contributed by atoms with E-state index in [0.717, 1.165) is 5.56 Å². The molecule has 5 nitrogen and oxygen atoms in total. The highest BCUT2D eigenvalue weighted by Crippen LogP contribution is 2.12. The number of carboxylic acid groups (broad SMARTS) is 1. The Bertz CT molecular complexity index is 816. The number of hydrogen-bond acceptors (Lipinski definition) is 3. The lowest BCUT2D eigenvalue weighted by molar-refractivity contribution is 0.0696. The van der Waals surface area contributed by atoms with Crippen LogP contribution in [0.25, 0.3) is 0 Å². The van der Waals surface area contributed by atoms with Crippen LogP contribution in [0, 0.1) is 12.7 Å². The smallest absolute Gasteiger partial charge is 0.335 e. The largest absolute Gasteiger partial charge is 0.478 e. The number of aryl methyl sites for hydroxylation is 1. The first kappa shape index (κ1) is 17.1. The van der Waals surface area contributed by atoms with E-state index in [1.807, 2.05) is 0 Å². The second kappa shape index (κ2) is 6.89. The van der Waals surface area contributed by atoms with E-state index in [9.17, 15) is 17.6 Å². The molecule has 0 atom stereocenters. The van der Waals surface area contributed by atoms with Crippen molar-refractivity contribution in [3.63, 3.8) is 0 Å². The predicted octanol–water partition coefficient (Wildman–Crippen LogP) is 2.35. The number of carboxylic acids is 1. The molecule has 0 heterocycles. The van der Waals surface area contributed by atoms with Crippen LogP contribution in [0.3, 0.4) is 0 Å². The molecule has 0 spiro atoms. The van der Waals surface area contributed by atoms with Crippen molar-refractivity contribution in [2.24, 2.45) is 0 Å². The van der Waals surface area contributed by atoms with Gasteiger partial charge in [0.05, 0.1) is 10.5 Å². The number of sulfonamides is 1. The lowest BCUT2D eigenvalue weighted by Gasteiger charge is -2.08. The van der Waals surface area contributed by atoms with E-state index >= 15 is 0 Å². The Morgan fingerprint density at radius 2 is 1.83 bits per heavy atom. The zero-order chi connectivity index (χ0) is 17.0. The van der Waals surface area contributed by atoms with E-state index in [1.54, 1.807) is 19.1 Å². The van der Waals surface area contributed by atoms with Gasteiger partial charge in [-0.2, -0.15) is 0 Å². The third-order valence-corrected chi connectivity index (χ3v) is 4.82. The van der Waals surface area contributed by atoms with Gasteiger partial charge in [0.15, 0.2) is 0 Å². The van der Waals surface area contributed by atoms with Gasteiger partial charge in [-0.3, -0.25) is 0 Å². The van der Waals surface area contributed by atoms with Crippen molar-refractivity contribution in [2.45, 2.75) is 18.2 Å². The molecular formula is C16H16FNO4S. The van der Waals surface area contributed by atoms with Gasteiger partial charge in [0.25, 0.3) is 0 Å². The average molecular weight is 337 g/mol. The van der Waals surface area contributed by atoms with Crippen LogP contribution in [0.1, 0.15) is 21.5 Å². The zero-order valence-electron chi connectivity index (χ0n) is 12.4. The van der Waals surface area contributed by atoms with E-state index in [2.05, 4.69) is 4.72 Å². The summed E-state index contributed by atoms with van der Waals surface area (Å²) in [4.78, 5) is 10.7. The van der Waals surface area contributed by atoms with Crippen molar-refractivity contribution in [2.75, 3.05) is 6.54 Å². The summed E-state index contributed by atoms with van der Waals surface area (Å²) in [5, 5.41) is 8.80. The van der Waals surface area contributed by atoms with Crippen LogP contribution in [0.4, 0.5) is 4.39 Å². The van der Waals surface area contributed by atoms with Gasteiger partial charge in [-0.15, -0.1) is 0 Å². The molecule has 0 saturated carbocycles. The fourth-order valence-electron chi connectivity index (χ4n) is 2.05. The molecule has 0 unspecified atom stereocenters. The molecule has 0 aliphatic heterocycles. The van der Waals surface area contributed by atoms with Crippen LogP contribution < -0.4 is 4.72 Å². The lowest BCUT2D eigenvalue weighted by atomic mass is 10.1. The Morgan fingerprint density at radius 1 is 1.17 bits per heavy atom. The maximum atomic E-state index is 13.2. The maximum Gasteiger partial charge on any atom is 0.335 e. The van der Waals surface area contributed by atoms with Gasteiger partial charge in [0, 0.05) is 6.54 Å². The molecule has 2 N–H and O–H groups in total. The Hall–Kier alpha value is -2.25. The monoisotopic (exact) mass is 337 g/mol. The van der Waals surface area contributed by atoms with E-state index in [4.69, 9.17) is 5.11 Å². The molecule has 0 saturated heterocycles. The van der Waals surface area contributed by atoms with Crippen LogP contribution in [0.2, 0.25) is 0 Å². The number of hydrogen-bond donors (Lipinski definition) is 2. The number of halogens is 1. The highest BCUT2D eigenvalue weighted by molar-refractivity contribution is 7.89. The van der Waals surface area contributed by atoms with Crippen molar-refractivity contribution in [1.29, 1.82) is 0 Å². The zero-order valence-corrected chi connectivity index (χ0v) is 13.2. The van der Waals surface area contributed by atoms with Crippen molar-refractivity contribution < 1.29 is 22.7 Å². The van der Waals surface area contributed by atoms with E-state index < -0.39 is 16.0 Å².